The van der Waals surface area contributed by atoms with Gasteiger partial charge in [-0.15, -0.1) is 0 Å². The molecule has 1 aliphatic rings. The maximum Gasteiger partial charge on any atom is 0.115 e. The number of aryl methyl sites for hydroxylation is 1. The third-order valence-electron chi connectivity index (χ3n) is 4.33. The van der Waals surface area contributed by atoms with Crippen molar-refractivity contribution in [3.8, 4) is 5.75 Å². The highest BCUT2D eigenvalue weighted by Crippen LogP contribution is 2.21. The summed E-state index contributed by atoms with van der Waals surface area (Å²) >= 11 is 0. The number of phenols is 1. The van der Waals surface area contributed by atoms with E-state index in [1.165, 1.54) is 31.2 Å². The molecule has 0 bridgehead atoms. The number of phenolic OH excluding ortho intramolecular Hbond substituents is 1. The Labute approximate surface area is 122 Å². The molecule has 1 atom stereocenters. The second kappa shape index (κ2) is 7.65. The first-order valence-corrected chi connectivity index (χ1v) is 7.74. The molecule has 0 aliphatic heterocycles. The van der Waals surface area contributed by atoms with Crippen LogP contribution >= 0.6 is 0 Å². The van der Waals surface area contributed by atoms with E-state index in [-0.39, 0.29) is 0 Å². The predicted octanol–water partition coefficient (Wildman–Crippen LogP) is 3.26. The Morgan fingerprint density at radius 2 is 1.85 bits per heavy atom. The zero-order valence-corrected chi connectivity index (χ0v) is 12.6. The third kappa shape index (κ3) is 4.80. The molecule has 3 heteroatoms. The Bertz CT molecular complexity index is 382. The minimum atomic E-state index is 0.342. The lowest BCUT2D eigenvalue weighted by Gasteiger charge is -2.30. The smallest absolute Gasteiger partial charge is 0.115 e. The van der Waals surface area contributed by atoms with Gasteiger partial charge < -0.3 is 15.2 Å². The molecule has 1 saturated carbocycles. The maximum absolute atomic E-state index is 9.27. The van der Waals surface area contributed by atoms with Crippen LogP contribution in [0.15, 0.2) is 24.3 Å². The van der Waals surface area contributed by atoms with E-state index in [0.717, 1.165) is 12.8 Å². The van der Waals surface area contributed by atoms with Crippen LogP contribution in [0.2, 0.25) is 0 Å². The van der Waals surface area contributed by atoms with Crippen LogP contribution < -0.4 is 5.32 Å². The lowest BCUT2D eigenvalue weighted by molar-refractivity contribution is 0.0612. The number of rotatable bonds is 6. The van der Waals surface area contributed by atoms with E-state index in [1.54, 1.807) is 12.1 Å². The molecule has 0 aromatic heterocycles. The first-order chi connectivity index (χ1) is 9.67. The van der Waals surface area contributed by atoms with Gasteiger partial charge in [0, 0.05) is 19.2 Å². The Morgan fingerprint density at radius 3 is 2.45 bits per heavy atom. The van der Waals surface area contributed by atoms with Crippen molar-refractivity contribution in [2.75, 3.05) is 7.11 Å². The van der Waals surface area contributed by atoms with Crippen LogP contribution in [0.3, 0.4) is 0 Å². The van der Waals surface area contributed by atoms with Crippen molar-refractivity contribution in [2.24, 2.45) is 0 Å². The first-order valence-electron chi connectivity index (χ1n) is 7.74. The molecule has 1 unspecified atom stereocenters. The number of benzene rings is 1. The molecule has 0 saturated heterocycles. The number of ether oxygens (including phenoxy) is 1. The van der Waals surface area contributed by atoms with E-state index in [0.29, 0.717) is 23.9 Å². The molecule has 3 nitrogen and oxygen atoms in total. The van der Waals surface area contributed by atoms with Crippen LogP contribution in [0.5, 0.6) is 5.75 Å². The minimum absolute atomic E-state index is 0.342. The SMILES string of the molecule is COC1CCC(NC(C)CCc2ccc(O)cc2)CC1. The zero-order chi connectivity index (χ0) is 14.4. The highest BCUT2D eigenvalue weighted by Gasteiger charge is 2.21. The van der Waals surface area contributed by atoms with Crippen molar-refractivity contribution < 1.29 is 9.84 Å². The summed E-state index contributed by atoms with van der Waals surface area (Å²) in [5, 5.41) is 13.0. The fraction of sp³-hybridized carbons (Fsp3) is 0.647. The van der Waals surface area contributed by atoms with E-state index < -0.39 is 0 Å². The number of nitrogens with one attached hydrogen (secondary N) is 1. The summed E-state index contributed by atoms with van der Waals surface area (Å²) in [6, 6.07) is 8.72. The van der Waals surface area contributed by atoms with Crippen molar-refractivity contribution in [2.45, 2.75) is 63.6 Å². The maximum atomic E-state index is 9.27. The van der Waals surface area contributed by atoms with Gasteiger partial charge in [0.1, 0.15) is 5.75 Å². The molecule has 0 amide bonds. The van der Waals surface area contributed by atoms with Crippen LogP contribution in [0, 0.1) is 0 Å². The van der Waals surface area contributed by atoms with E-state index in [1.807, 2.05) is 19.2 Å². The average molecular weight is 277 g/mol. The predicted molar refractivity (Wildman–Crippen MR) is 82.1 cm³/mol. The zero-order valence-electron chi connectivity index (χ0n) is 12.6. The monoisotopic (exact) mass is 277 g/mol. The molecular formula is C17H27NO2. The van der Waals surface area contributed by atoms with Crippen LogP contribution in [-0.4, -0.2) is 30.4 Å². The number of hydrogen-bond acceptors (Lipinski definition) is 3. The van der Waals surface area contributed by atoms with Crippen molar-refractivity contribution >= 4 is 0 Å². The molecule has 1 aromatic carbocycles. The third-order valence-corrected chi connectivity index (χ3v) is 4.33. The van der Waals surface area contributed by atoms with Crippen LogP contribution in [-0.2, 0) is 11.2 Å². The molecule has 1 aliphatic carbocycles. The molecule has 2 N–H and O–H groups in total. The molecule has 0 heterocycles. The van der Waals surface area contributed by atoms with Gasteiger partial charge in [0.2, 0.25) is 0 Å². The summed E-state index contributed by atoms with van der Waals surface area (Å²) in [5.41, 5.74) is 1.29. The Balaban J connectivity index is 1.68. The quantitative estimate of drug-likeness (QED) is 0.838. The average Bonchev–Trinajstić information content (AvgIpc) is 2.47. The van der Waals surface area contributed by atoms with Gasteiger partial charge >= 0.3 is 0 Å². The molecule has 0 radical (unpaired) electrons. The van der Waals surface area contributed by atoms with Crippen molar-refractivity contribution in [1.29, 1.82) is 0 Å². The summed E-state index contributed by atoms with van der Waals surface area (Å²) in [4.78, 5) is 0. The number of methoxy groups -OCH3 is 1. The topological polar surface area (TPSA) is 41.5 Å². The summed E-state index contributed by atoms with van der Waals surface area (Å²) < 4.78 is 5.41. The number of aromatic hydroxyl groups is 1. The molecule has 0 spiro atoms. The van der Waals surface area contributed by atoms with E-state index in [4.69, 9.17) is 4.74 Å². The molecular weight excluding hydrogens is 250 g/mol. The fourth-order valence-electron chi connectivity index (χ4n) is 3.00. The van der Waals surface area contributed by atoms with Crippen LogP contribution in [0.25, 0.3) is 0 Å². The van der Waals surface area contributed by atoms with Crippen molar-refractivity contribution in [1.82, 2.24) is 5.32 Å². The van der Waals surface area contributed by atoms with Gasteiger partial charge in [0.15, 0.2) is 0 Å². The number of hydrogen-bond donors (Lipinski definition) is 2. The minimum Gasteiger partial charge on any atom is -0.508 e. The molecule has 1 aromatic rings. The van der Waals surface area contributed by atoms with Gasteiger partial charge in [-0.05, 0) is 63.1 Å². The Kier molecular flexibility index (Phi) is 5.86. The Morgan fingerprint density at radius 1 is 1.20 bits per heavy atom. The summed E-state index contributed by atoms with van der Waals surface area (Å²) in [7, 11) is 1.82. The normalized spacial score (nSPS) is 24.5. The summed E-state index contributed by atoms with van der Waals surface area (Å²) in [6.07, 6.45) is 7.47. The fourth-order valence-corrected chi connectivity index (χ4v) is 3.00. The molecule has 112 valence electrons. The molecule has 20 heavy (non-hydrogen) atoms. The second-order valence-corrected chi connectivity index (χ2v) is 5.98. The largest absolute Gasteiger partial charge is 0.508 e. The van der Waals surface area contributed by atoms with Gasteiger partial charge in [-0.25, -0.2) is 0 Å². The summed E-state index contributed by atoms with van der Waals surface area (Å²) in [6.45, 7) is 2.27. The van der Waals surface area contributed by atoms with Crippen LogP contribution in [0.4, 0.5) is 0 Å². The molecule has 1 fully saturated rings. The highest BCUT2D eigenvalue weighted by atomic mass is 16.5. The first kappa shape index (κ1) is 15.3. The van der Waals surface area contributed by atoms with E-state index in [2.05, 4.69) is 12.2 Å². The second-order valence-electron chi connectivity index (χ2n) is 5.98. The van der Waals surface area contributed by atoms with Crippen molar-refractivity contribution in [3.63, 3.8) is 0 Å². The lowest BCUT2D eigenvalue weighted by atomic mass is 9.92. The Hall–Kier alpha value is -1.06. The standard InChI is InChI=1S/C17H27NO2/c1-13(3-4-14-5-9-16(19)10-6-14)18-15-7-11-17(20-2)12-8-15/h5-6,9-10,13,15,17-19H,3-4,7-8,11-12H2,1-2H3. The van der Waals surface area contributed by atoms with E-state index >= 15 is 0 Å². The van der Waals surface area contributed by atoms with Gasteiger partial charge in [-0.3, -0.25) is 0 Å². The highest BCUT2D eigenvalue weighted by molar-refractivity contribution is 5.25. The van der Waals surface area contributed by atoms with Gasteiger partial charge in [-0.1, -0.05) is 12.1 Å². The lowest BCUT2D eigenvalue weighted by Crippen LogP contribution is -2.40. The van der Waals surface area contributed by atoms with Gasteiger partial charge in [-0.2, -0.15) is 0 Å². The van der Waals surface area contributed by atoms with Crippen LogP contribution in [0.1, 0.15) is 44.6 Å². The van der Waals surface area contributed by atoms with E-state index in [9.17, 15) is 5.11 Å². The summed E-state index contributed by atoms with van der Waals surface area (Å²) in [5.74, 6) is 0.342. The van der Waals surface area contributed by atoms with Crippen molar-refractivity contribution in [3.05, 3.63) is 29.8 Å². The molecule has 2 rings (SSSR count). The van der Waals surface area contributed by atoms with Gasteiger partial charge in [0.05, 0.1) is 6.10 Å². The van der Waals surface area contributed by atoms with Gasteiger partial charge in [0.25, 0.3) is 0 Å².